The number of carbonyl (C=O) groups excluding carboxylic acids is 4. The Kier molecular flexibility index (Phi) is 11.0. The SMILES string of the molecule is C=CCOC(=O)O[C@H](C)[C@H]1C(=O)N2C(C(=O)OCC=C)=C(S[C@H]3C[C@@H](C=Cc4cccnc4)N(C(=O)OCC=C)C3)[C@H](C)[C@H]12. The molecule has 1 aromatic heterocycles. The summed E-state index contributed by atoms with van der Waals surface area (Å²) >= 11 is 1.45. The molecule has 4 heterocycles. The van der Waals surface area contributed by atoms with Crippen molar-refractivity contribution in [2.45, 2.75) is 43.7 Å². The minimum Gasteiger partial charge on any atom is -0.457 e. The standard InChI is InChI=1S/C32H37N3O8S/c1-6-14-40-30(37)27-28(20(4)26-25(29(36)35(26)27)21(5)43-32(39)42-16-8-3)44-24-17-23(12-11-22-10-9-13-33-18-22)34(19-24)31(38)41-15-7-2/h6-13,18,20-21,23-26H,1-3,14-17,19H2,4-5H3/t20-,21-,23-,24+,25-,26-/m1/s1. The van der Waals surface area contributed by atoms with Crippen molar-refractivity contribution in [3.8, 4) is 0 Å². The lowest BCUT2D eigenvalue weighted by atomic mass is 9.79. The van der Waals surface area contributed by atoms with E-state index < -0.39 is 36.3 Å². The summed E-state index contributed by atoms with van der Waals surface area (Å²) in [4.78, 5) is 59.7. The first-order chi connectivity index (χ1) is 21.2. The van der Waals surface area contributed by atoms with Crippen LogP contribution in [-0.4, -0.2) is 88.7 Å². The van der Waals surface area contributed by atoms with Crippen LogP contribution in [-0.2, 0) is 28.5 Å². The van der Waals surface area contributed by atoms with Gasteiger partial charge in [0.1, 0.15) is 31.6 Å². The predicted molar refractivity (Wildman–Crippen MR) is 165 cm³/mol. The predicted octanol–water partition coefficient (Wildman–Crippen LogP) is 4.74. The molecule has 234 valence electrons. The van der Waals surface area contributed by atoms with Gasteiger partial charge in [0.15, 0.2) is 0 Å². The minimum atomic E-state index is -0.901. The van der Waals surface area contributed by atoms with Crippen LogP contribution >= 0.6 is 11.8 Å². The highest BCUT2D eigenvalue weighted by Gasteiger charge is 2.61. The normalized spacial score (nSPS) is 24.8. The van der Waals surface area contributed by atoms with Crippen molar-refractivity contribution in [2.75, 3.05) is 26.4 Å². The van der Waals surface area contributed by atoms with Gasteiger partial charge >= 0.3 is 18.2 Å². The van der Waals surface area contributed by atoms with Crippen LogP contribution < -0.4 is 0 Å². The third kappa shape index (κ3) is 7.07. The van der Waals surface area contributed by atoms with E-state index in [4.69, 9.17) is 18.9 Å². The van der Waals surface area contributed by atoms with Crippen LogP contribution in [0, 0.1) is 11.8 Å². The molecule has 4 rings (SSSR count). The Morgan fingerprint density at radius 3 is 2.50 bits per heavy atom. The van der Waals surface area contributed by atoms with E-state index in [0.29, 0.717) is 17.9 Å². The lowest BCUT2D eigenvalue weighted by Gasteiger charge is -2.47. The Labute approximate surface area is 261 Å². The van der Waals surface area contributed by atoms with E-state index in [9.17, 15) is 19.2 Å². The Morgan fingerprint density at radius 2 is 1.82 bits per heavy atom. The van der Waals surface area contributed by atoms with Gasteiger partial charge in [0.2, 0.25) is 5.91 Å². The largest absolute Gasteiger partial charge is 0.508 e. The van der Waals surface area contributed by atoms with E-state index in [2.05, 4.69) is 24.7 Å². The minimum absolute atomic E-state index is 0.0181. The maximum absolute atomic E-state index is 13.4. The van der Waals surface area contributed by atoms with Gasteiger partial charge in [-0.05, 0) is 25.0 Å². The maximum atomic E-state index is 13.4. The molecular weight excluding hydrogens is 586 g/mol. The Bertz CT molecular complexity index is 1350. The molecule has 2 saturated heterocycles. The number of rotatable bonds is 13. The van der Waals surface area contributed by atoms with Crippen LogP contribution in [0.15, 0.2) is 79.2 Å². The lowest BCUT2D eigenvalue weighted by molar-refractivity contribution is -0.164. The third-order valence-corrected chi connectivity index (χ3v) is 9.07. The summed E-state index contributed by atoms with van der Waals surface area (Å²) in [7, 11) is 0. The van der Waals surface area contributed by atoms with Gasteiger partial charge in [0.05, 0.1) is 18.0 Å². The van der Waals surface area contributed by atoms with Crippen LogP contribution in [0.3, 0.4) is 0 Å². The van der Waals surface area contributed by atoms with Gasteiger partial charge in [-0.25, -0.2) is 14.4 Å². The van der Waals surface area contributed by atoms with Gasteiger partial charge in [0, 0.05) is 35.0 Å². The molecule has 2 amide bonds. The molecule has 0 saturated carbocycles. The summed E-state index contributed by atoms with van der Waals surface area (Å²) in [6, 6.07) is 3.05. The second-order valence-electron chi connectivity index (χ2n) is 10.5. The topological polar surface area (TPSA) is 125 Å². The highest BCUT2D eigenvalue weighted by Crippen LogP contribution is 2.53. The van der Waals surface area contributed by atoms with Gasteiger partial charge in [-0.1, -0.05) is 63.1 Å². The number of thioether (sulfide) groups is 1. The zero-order valence-electron chi connectivity index (χ0n) is 24.8. The van der Waals surface area contributed by atoms with E-state index in [-0.39, 0.29) is 48.6 Å². The van der Waals surface area contributed by atoms with Crippen LogP contribution in [0.1, 0.15) is 25.8 Å². The monoisotopic (exact) mass is 623 g/mol. The van der Waals surface area contributed by atoms with Crippen molar-refractivity contribution in [2.24, 2.45) is 11.8 Å². The third-order valence-electron chi connectivity index (χ3n) is 7.57. The van der Waals surface area contributed by atoms with Crippen molar-refractivity contribution >= 4 is 42.0 Å². The van der Waals surface area contributed by atoms with Crippen LogP contribution in [0.2, 0.25) is 0 Å². The Hall–Kier alpha value is -4.32. The molecule has 0 radical (unpaired) electrons. The maximum Gasteiger partial charge on any atom is 0.508 e. The van der Waals surface area contributed by atoms with Crippen molar-refractivity contribution in [3.63, 3.8) is 0 Å². The number of esters is 1. The summed E-state index contributed by atoms with van der Waals surface area (Å²) in [5.41, 5.74) is 1.06. The number of amides is 2. The number of pyridine rings is 1. The molecule has 0 aromatic carbocycles. The van der Waals surface area contributed by atoms with Gasteiger partial charge in [-0.3, -0.25) is 9.78 Å². The molecule has 2 fully saturated rings. The number of hydrogen-bond acceptors (Lipinski definition) is 10. The number of aromatic nitrogens is 1. The average molecular weight is 624 g/mol. The number of ether oxygens (including phenoxy) is 4. The number of nitrogens with zero attached hydrogens (tertiary/aromatic N) is 3. The van der Waals surface area contributed by atoms with Crippen molar-refractivity contribution in [1.82, 2.24) is 14.8 Å². The average Bonchev–Trinajstić information content (AvgIpc) is 3.53. The molecule has 6 atom stereocenters. The first-order valence-corrected chi connectivity index (χ1v) is 15.2. The van der Waals surface area contributed by atoms with E-state index >= 15 is 0 Å². The summed E-state index contributed by atoms with van der Waals surface area (Å²) < 4.78 is 21.0. The van der Waals surface area contributed by atoms with Gasteiger partial charge < -0.3 is 28.7 Å². The fourth-order valence-electron chi connectivity index (χ4n) is 5.64. The molecule has 0 aliphatic carbocycles. The summed E-state index contributed by atoms with van der Waals surface area (Å²) in [5, 5.41) is -0.121. The molecule has 11 nitrogen and oxygen atoms in total. The fraction of sp³-hybridized carbons (Fsp3) is 0.406. The van der Waals surface area contributed by atoms with Crippen LogP contribution in [0.4, 0.5) is 9.59 Å². The van der Waals surface area contributed by atoms with Crippen molar-refractivity contribution in [1.29, 1.82) is 0 Å². The summed E-state index contributed by atoms with van der Waals surface area (Å²) in [5.74, 6) is -1.92. The van der Waals surface area contributed by atoms with Crippen molar-refractivity contribution in [3.05, 3.63) is 84.7 Å². The molecule has 3 aliphatic rings. The van der Waals surface area contributed by atoms with Crippen molar-refractivity contribution < 1.29 is 38.1 Å². The van der Waals surface area contributed by atoms with E-state index in [1.54, 1.807) is 24.2 Å². The van der Waals surface area contributed by atoms with E-state index in [1.165, 1.54) is 34.9 Å². The second kappa shape index (κ2) is 14.9. The number of likely N-dealkylation sites (tertiary alicyclic amines) is 1. The van der Waals surface area contributed by atoms with Crippen LogP contribution in [0.5, 0.6) is 0 Å². The van der Waals surface area contributed by atoms with Gasteiger partial charge in [-0.15, -0.1) is 11.8 Å². The molecule has 0 bridgehead atoms. The fourth-order valence-corrected chi connectivity index (χ4v) is 7.17. The van der Waals surface area contributed by atoms with E-state index in [0.717, 1.165) is 5.56 Å². The first kappa shape index (κ1) is 32.6. The van der Waals surface area contributed by atoms with Gasteiger partial charge in [-0.2, -0.15) is 0 Å². The lowest BCUT2D eigenvalue weighted by Crippen LogP contribution is -2.64. The molecular formula is C32H37N3O8S. The van der Waals surface area contributed by atoms with E-state index in [1.807, 2.05) is 31.2 Å². The number of hydrogen-bond donors (Lipinski definition) is 0. The second-order valence-corrected chi connectivity index (χ2v) is 11.8. The zero-order chi connectivity index (χ0) is 31.8. The molecule has 0 N–H and O–H groups in total. The zero-order valence-corrected chi connectivity index (χ0v) is 25.6. The number of β-lactam (4-membered cyclic amide) rings is 1. The molecule has 44 heavy (non-hydrogen) atoms. The quantitative estimate of drug-likeness (QED) is 0.132. The molecule has 0 spiro atoms. The highest BCUT2D eigenvalue weighted by molar-refractivity contribution is 8.03. The summed E-state index contributed by atoms with van der Waals surface area (Å²) in [6.07, 6.45) is 10.1. The molecule has 0 unspecified atom stereocenters. The highest BCUT2D eigenvalue weighted by atomic mass is 32.2. The smallest absolute Gasteiger partial charge is 0.457 e. The number of carbonyl (C=O) groups is 4. The molecule has 3 aliphatic heterocycles. The first-order valence-electron chi connectivity index (χ1n) is 14.3. The molecule has 12 heteroatoms. The van der Waals surface area contributed by atoms with Crippen LogP contribution in [0.25, 0.3) is 6.08 Å². The number of fused-ring (bicyclic) bond motifs is 1. The molecule has 1 aromatic rings. The Balaban J connectivity index is 1.57. The van der Waals surface area contributed by atoms with Gasteiger partial charge in [0.25, 0.3) is 0 Å². The Morgan fingerprint density at radius 1 is 1.11 bits per heavy atom. The summed E-state index contributed by atoms with van der Waals surface area (Å²) in [6.45, 7) is 14.7.